The Labute approximate surface area is 145 Å². The lowest BCUT2D eigenvalue weighted by molar-refractivity contribution is 0.129. The molecular weight excluding hydrogens is 302 g/mol. The van der Waals surface area contributed by atoms with Gasteiger partial charge in [0.25, 0.3) is 0 Å². The van der Waals surface area contributed by atoms with Gasteiger partial charge in [-0.05, 0) is 45.1 Å². The molecule has 24 heavy (non-hydrogen) atoms. The average Bonchev–Trinajstić information content (AvgIpc) is 2.56. The number of rotatable bonds is 7. The van der Waals surface area contributed by atoms with Crippen molar-refractivity contribution < 1.29 is 9.90 Å². The van der Waals surface area contributed by atoms with Crippen molar-refractivity contribution in [3.63, 3.8) is 0 Å². The Balaban J connectivity index is 1.73. The highest BCUT2D eigenvalue weighted by Gasteiger charge is 2.26. The number of hydrogen-bond acceptors (Lipinski definition) is 3. The second-order valence-electron chi connectivity index (χ2n) is 6.91. The van der Waals surface area contributed by atoms with Crippen LogP contribution in [0.25, 0.3) is 0 Å². The number of carbonyl (C=O) groups excluding carboxylic acids is 1. The number of benzene rings is 1. The Hall–Kier alpha value is -1.59. The highest BCUT2D eigenvalue weighted by atomic mass is 16.3. The lowest BCUT2D eigenvalue weighted by Gasteiger charge is -2.38. The van der Waals surface area contributed by atoms with Gasteiger partial charge in [-0.2, -0.15) is 0 Å². The number of aliphatic hydroxyl groups is 1. The Morgan fingerprint density at radius 1 is 1.38 bits per heavy atom. The van der Waals surface area contributed by atoms with Crippen LogP contribution in [0.1, 0.15) is 45.1 Å². The van der Waals surface area contributed by atoms with Gasteiger partial charge in [-0.1, -0.05) is 30.3 Å². The fourth-order valence-electron chi connectivity index (χ4n) is 3.33. The number of piperidine rings is 1. The van der Waals surface area contributed by atoms with Gasteiger partial charge in [0.15, 0.2) is 0 Å². The molecule has 2 rings (SSSR count). The molecule has 0 aromatic heterocycles. The van der Waals surface area contributed by atoms with E-state index in [2.05, 4.69) is 46.7 Å². The molecule has 1 aromatic carbocycles. The Bertz CT molecular complexity index is 495. The van der Waals surface area contributed by atoms with E-state index >= 15 is 0 Å². The number of nitrogens with one attached hydrogen (secondary N) is 2. The second-order valence-corrected chi connectivity index (χ2v) is 6.91. The van der Waals surface area contributed by atoms with E-state index in [1.54, 1.807) is 0 Å². The van der Waals surface area contributed by atoms with Gasteiger partial charge in [0.2, 0.25) is 0 Å². The van der Waals surface area contributed by atoms with E-state index in [9.17, 15) is 4.79 Å². The van der Waals surface area contributed by atoms with Crippen LogP contribution in [0.15, 0.2) is 30.3 Å². The Morgan fingerprint density at radius 3 is 2.79 bits per heavy atom. The van der Waals surface area contributed by atoms with Crippen molar-refractivity contribution in [2.45, 2.75) is 64.2 Å². The first-order chi connectivity index (χ1) is 11.6. The van der Waals surface area contributed by atoms with Crippen LogP contribution >= 0.6 is 0 Å². The van der Waals surface area contributed by atoms with Crippen LogP contribution in [0.4, 0.5) is 4.79 Å². The lowest BCUT2D eigenvalue weighted by atomic mass is 9.97. The molecule has 2 amide bonds. The lowest BCUT2D eigenvalue weighted by Crippen LogP contribution is -2.51. The SMILES string of the molecule is CC(CCCO)NC(=O)NC1CCN(Cc2ccccc2)C(C)C1. The van der Waals surface area contributed by atoms with Crippen molar-refractivity contribution in [2.24, 2.45) is 0 Å². The van der Waals surface area contributed by atoms with Gasteiger partial charge in [-0.15, -0.1) is 0 Å². The van der Waals surface area contributed by atoms with Crippen molar-refractivity contribution in [1.29, 1.82) is 0 Å². The summed E-state index contributed by atoms with van der Waals surface area (Å²) in [5, 5.41) is 14.9. The van der Waals surface area contributed by atoms with E-state index in [1.165, 1.54) is 5.56 Å². The molecule has 5 heteroatoms. The van der Waals surface area contributed by atoms with Gasteiger partial charge in [-0.25, -0.2) is 4.79 Å². The minimum absolute atomic E-state index is 0.0888. The van der Waals surface area contributed by atoms with Crippen molar-refractivity contribution in [1.82, 2.24) is 15.5 Å². The van der Waals surface area contributed by atoms with Crippen molar-refractivity contribution in [3.05, 3.63) is 35.9 Å². The maximum atomic E-state index is 12.1. The smallest absolute Gasteiger partial charge is 0.315 e. The minimum Gasteiger partial charge on any atom is -0.396 e. The number of nitrogens with zero attached hydrogens (tertiary/aromatic N) is 1. The summed E-state index contributed by atoms with van der Waals surface area (Å²) < 4.78 is 0. The van der Waals surface area contributed by atoms with Crippen LogP contribution in [-0.4, -0.2) is 47.3 Å². The number of carbonyl (C=O) groups is 1. The summed E-state index contributed by atoms with van der Waals surface area (Å²) in [5.41, 5.74) is 1.34. The summed E-state index contributed by atoms with van der Waals surface area (Å²) in [7, 11) is 0. The first-order valence-electron chi connectivity index (χ1n) is 9.04. The molecule has 3 atom stereocenters. The second kappa shape index (κ2) is 9.64. The van der Waals surface area contributed by atoms with E-state index in [0.717, 1.165) is 38.8 Å². The maximum absolute atomic E-state index is 12.1. The standard InChI is InChI=1S/C19H31N3O2/c1-15(7-6-12-23)20-19(24)21-18-10-11-22(16(2)13-18)14-17-8-4-3-5-9-17/h3-5,8-9,15-16,18,23H,6-7,10-14H2,1-2H3,(H2,20,21,24). The highest BCUT2D eigenvalue weighted by Crippen LogP contribution is 2.19. The summed E-state index contributed by atoms with van der Waals surface area (Å²) in [6.07, 6.45) is 3.48. The zero-order chi connectivity index (χ0) is 17.4. The summed E-state index contributed by atoms with van der Waals surface area (Å²) >= 11 is 0. The molecule has 1 aromatic rings. The quantitative estimate of drug-likeness (QED) is 0.718. The topological polar surface area (TPSA) is 64.6 Å². The van der Waals surface area contributed by atoms with Crippen LogP contribution in [0, 0.1) is 0 Å². The first kappa shape index (κ1) is 18.7. The molecule has 1 fully saturated rings. The fraction of sp³-hybridized carbons (Fsp3) is 0.632. The van der Waals surface area contributed by atoms with E-state index in [0.29, 0.717) is 6.04 Å². The molecule has 5 nitrogen and oxygen atoms in total. The Morgan fingerprint density at radius 2 is 2.12 bits per heavy atom. The summed E-state index contributed by atoms with van der Waals surface area (Å²) in [5.74, 6) is 0. The summed E-state index contributed by atoms with van der Waals surface area (Å²) in [6.45, 7) is 6.35. The van der Waals surface area contributed by atoms with Crippen LogP contribution in [0.2, 0.25) is 0 Å². The third-order valence-corrected chi connectivity index (χ3v) is 4.75. The van der Waals surface area contributed by atoms with E-state index in [4.69, 9.17) is 5.11 Å². The fourth-order valence-corrected chi connectivity index (χ4v) is 3.33. The third-order valence-electron chi connectivity index (χ3n) is 4.75. The molecule has 1 aliphatic rings. The summed E-state index contributed by atoms with van der Waals surface area (Å²) in [6, 6.07) is 11.2. The van der Waals surface area contributed by atoms with Gasteiger partial charge in [-0.3, -0.25) is 4.90 Å². The first-order valence-corrected chi connectivity index (χ1v) is 9.04. The molecule has 1 saturated heterocycles. The monoisotopic (exact) mass is 333 g/mol. The van der Waals surface area contributed by atoms with Crippen molar-refractivity contribution in [3.8, 4) is 0 Å². The largest absolute Gasteiger partial charge is 0.396 e. The number of urea groups is 1. The van der Waals surface area contributed by atoms with Crippen LogP contribution in [0.3, 0.4) is 0 Å². The molecule has 0 saturated carbocycles. The normalized spacial score (nSPS) is 22.8. The molecular formula is C19H31N3O2. The zero-order valence-corrected chi connectivity index (χ0v) is 14.9. The number of likely N-dealkylation sites (tertiary alicyclic amines) is 1. The molecule has 0 bridgehead atoms. The van der Waals surface area contributed by atoms with Crippen LogP contribution < -0.4 is 10.6 Å². The summed E-state index contributed by atoms with van der Waals surface area (Å²) in [4.78, 5) is 14.5. The van der Waals surface area contributed by atoms with Crippen molar-refractivity contribution in [2.75, 3.05) is 13.2 Å². The average molecular weight is 333 g/mol. The molecule has 1 heterocycles. The number of aliphatic hydroxyl groups excluding tert-OH is 1. The van der Waals surface area contributed by atoms with E-state index in [1.807, 2.05) is 13.0 Å². The van der Waals surface area contributed by atoms with Gasteiger partial charge in [0.05, 0.1) is 0 Å². The van der Waals surface area contributed by atoms with Gasteiger partial charge in [0.1, 0.15) is 0 Å². The molecule has 0 radical (unpaired) electrons. The van der Waals surface area contributed by atoms with Gasteiger partial charge >= 0.3 is 6.03 Å². The predicted molar refractivity (Wildman–Crippen MR) is 96.8 cm³/mol. The van der Waals surface area contributed by atoms with Crippen molar-refractivity contribution >= 4 is 6.03 Å². The predicted octanol–water partition coefficient (Wildman–Crippen LogP) is 2.50. The van der Waals surface area contributed by atoms with Crippen LogP contribution in [-0.2, 0) is 6.54 Å². The molecule has 0 spiro atoms. The highest BCUT2D eigenvalue weighted by molar-refractivity contribution is 5.74. The molecule has 3 unspecified atom stereocenters. The zero-order valence-electron chi connectivity index (χ0n) is 14.9. The third kappa shape index (κ3) is 6.13. The molecule has 0 aliphatic carbocycles. The minimum atomic E-state index is -0.0888. The Kier molecular flexibility index (Phi) is 7.53. The number of hydrogen-bond donors (Lipinski definition) is 3. The van der Waals surface area contributed by atoms with Gasteiger partial charge in [0, 0.05) is 37.8 Å². The van der Waals surface area contributed by atoms with Crippen LogP contribution in [0.5, 0.6) is 0 Å². The van der Waals surface area contributed by atoms with Gasteiger partial charge < -0.3 is 15.7 Å². The molecule has 134 valence electrons. The molecule has 1 aliphatic heterocycles. The van der Waals surface area contributed by atoms with E-state index in [-0.39, 0.29) is 24.7 Å². The maximum Gasteiger partial charge on any atom is 0.315 e. The number of amides is 2. The van der Waals surface area contributed by atoms with E-state index < -0.39 is 0 Å². The molecule has 3 N–H and O–H groups in total.